The standard InChI is InChI=1S/C15H12F3N3S/c16-15(17,18)12-6-7-13-19-20-14(21(13)10-12)22-9-8-11-4-2-1-3-5-11/h1-7,10H,8-9H2. The van der Waals surface area contributed by atoms with Gasteiger partial charge in [-0.1, -0.05) is 42.1 Å². The van der Waals surface area contributed by atoms with Gasteiger partial charge in [0, 0.05) is 11.9 Å². The van der Waals surface area contributed by atoms with Crippen LogP contribution in [0.15, 0.2) is 53.8 Å². The molecule has 0 radical (unpaired) electrons. The largest absolute Gasteiger partial charge is 0.417 e. The normalized spacial score (nSPS) is 12.0. The Morgan fingerprint density at radius 2 is 1.77 bits per heavy atom. The van der Waals surface area contributed by atoms with Gasteiger partial charge in [0.25, 0.3) is 0 Å². The molecule has 0 atom stereocenters. The summed E-state index contributed by atoms with van der Waals surface area (Å²) >= 11 is 1.39. The molecule has 0 spiro atoms. The van der Waals surface area contributed by atoms with E-state index in [1.165, 1.54) is 27.8 Å². The zero-order valence-electron chi connectivity index (χ0n) is 11.4. The highest BCUT2D eigenvalue weighted by Gasteiger charge is 2.31. The highest BCUT2D eigenvalue weighted by atomic mass is 32.2. The van der Waals surface area contributed by atoms with Gasteiger partial charge < -0.3 is 0 Å². The summed E-state index contributed by atoms with van der Waals surface area (Å²) in [5, 5.41) is 8.32. The lowest BCUT2D eigenvalue weighted by Crippen LogP contribution is -2.06. The third-order valence-corrected chi connectivity index (χ3v) is 4.11. The number of aromatic nitrogens is 3. The average Bonchev–Trinajstić information content (AvgIpc) is 2.90. The number of hydrogen-bond donors (Lipinski definition) is 0. The average molecular weight is 323 g/mol. The third-order valence-electron chi connectivity index (χ3n) is 3.16. The zero-order valence-corrected chi connectivity index (χ0v) is 12.2. The molecule has 0 fully saturated rings. The van der Waals surface area contributed by atoms with Crippen molar-refractivity contribution in [2.24, 2.45) is 0 Å². The molecule has 0 amide bonds. The van der Waals surface area contributed by atoms with Crippen LogP contribution in [0.4, 0.5) is 13.2 Å². The van der Waals surface area contributed by atoms with Gasteiger partial charge in [0.15, 0.2) is 10.8 Å². The molecule has 0 aliphatic carbocycles. The molecule has 0 aliphatic heterocycles. The van der Waals surface area contributed by atoms with Crippen molar-refractivity contribution in [3.8, 4) is 0 Å². The van der Waals surface area contributed by atoms with E-state index in [0.717, 1.165) is 24.4 Å². The maximum absolute atomic E-state index is 12.8. The Morgan fingerprint density at radius 3 is 2.50 bits per heavy atom. The molecule has 3 nitrogen and oxygen atoms in total. The van der Waals surface area contributed by atoms with E-state index in [4.69, 9.17) is 0 Å². The minimum Gasteiger partial charge on any atom is -0.277 e. The van der Waals surface area contributed by atoms with E-state index in [-0.39, 0.29) is 0 Å². The number of hydrogen-bond acceptors (Lipinski definition) is 3. The van der Waals surface area contributed by atoms with Crippen LogP contribution in [0.5, 0.6) is 0 Å². The minimum absolute atomic E-state index is 0.412. The van der Waals surface area contributed by atoms with Gasteiger partial charge in [-0.25, -0.2) is 0 Å². The van der Waals surface area contributed by atoms with Crippen LogP contribution in [0.1, 0.15) is 11.1 Å². The van der Waals surface area contributed by atoms with Gasteiger partial charge in [-0.15, -0.1) is 10.2 Å². The van der Waals surface area contributed by atoms with Gasteiger partial charge in [-0.05, 0) is 24.1 Å². The van der Waals surface area contributed by atoms with Crippen LogP contribution >= 0.6 is 11.8 Å². The molecule has 0 aliphatic rings. The molecule has 0 unspecified atom stereocenters. The Hall–Kier alpha value is -2.02. The van der Waals surface area contributed by atoms with Gasteiger partial charge >= 0.3 is 6.18 Å². The van der Waals surface area contributed by atoms with Crippen molar-refractivity contribution in [2.75, 3.05) is 5.75 Å². The van der Waals surface area contributed by atoms with E-state index in [0.29, 0.717) is 10.8 Å². The molecule has 2 heterocycles. The monoisotopic (exact) mass is 323 g/mol. The van der Waals surface area contributed by atoms with Crippen molar-refractivity contribution < 1.29 is 13.2 Å². The first-order chi connectivity index (χ1) is 10.5. The summed E-state index contributed by atoms with van der Waals surface area (Å²) in [5.41, 5.74) is 0.889. The quantitative estimate of drug-likeness (QED) is 0.678. The summed E-state index contributed by atoms with van der Waals surface area (Å²) in [6, 6.07) is 12.2. The van der Waals surface area contributed by atoms with Gasteiger partial charge in [0.05, 0.1) is 5.56 Å². The minimum atomic E-state index is -4.37. The first kappa shape index (κ1) is 14.9. The second-order valence-electron chi connectivity index (χ2n) is 4.71. The molecule has 2 aromatic heterocycles. The summed E-state index contributed by atoms with van der Waals surface area (Å²) in [6.45, 7) is 0. The van der Waals surface area contributed by atoms with Crippen molar-refractivity contribution >= 4 is 17.4 Å². The highest BCUT2D eigenvalue weighted by Crippen LogP contribution is 2.30. The molecule has 0 bridgehead atoms. The Balaban J connectivity index is 1.76. The number of halogens is 3. The lowest BCUT2D eigenvalue weighted by atomic mass is 10.2. The first-order valence-corrected chi connectivity index (χ1v) is 7.61. The Morgan fingerprint density at radius 1 is 1.00 bits per heavy atom. The van der Waals surface area contributed by atoms with E-state index < -0.39 is 11.7 Å². The molecule has 3 rings (SSSR count). The SMILES string of the molecule is FC(F)(F)c1ccc2nnc(SCCc3ccccc3)n2c1. The van der Waals surface area contributed by atoms with Crippen LogP contribution in [0.25, 0.3) is 5.65 Å². The number of benzene rings is 1. The predicted octanol–water partition coefficient (Wildman–Crippen LogP) is 4.08. The van der Waals surface area contributed by atoms with E-state index in [1.54, 1.807) is 0 Å². The van der Waals surface area contributed by atoms with Gasteiger partial charge in [0.2, 0.25) is 0 Å². The van der Waals surface area contributed by atoms with Crippen molar-refractivity contribution in [2.45, 2.75) is 17.8 Å². The molecule has 0 saturated heterocycles. The van der Waals surface area contributed by atoms with Crippen LogP contribution in [0.2, 0.25) is 0 Å². The second kappa shape index (κ2) is 6.00. The van der Waals surface area contributed by atoms with Crippen LogP contribution in [-0.4, -0.2) is 20.4 Å². The highest BCUT2D eigenvalue weighted by molar-refractivity contribution is 7.99. The van der Waals surface area contributed by atoms with Crippen molar-refractivity contribution in [1.82, 2.24) is 14.6 Å². The van der Waals surface area contributed by atoms with Gasteiger partial charge in [-0.2, -0.15) is 13.2 Å². The summed E-state index contributed by atoms with van der Waals surface area (Å²) in [7, 11) is 0. The van der Waals surface area contributed by atoms with Crippen molar-refractivity contribution in [1.29, 1.82) is 0 Å². The predicted molar refractivity (Wildman–Crippen MR) is 78.9 cm³/mol. The second-order valence-corrected chi connectivity index (χ2v) is 5.77. The van der Waals surface area contributed by atoms with E-state index >= 15 is 0 Å². The lowest BCUT2D eigenvalue weighted by molar-refractivity contribution is -0.137. The van der Waals surface area contributed by atoms with E-state index in [1.807, 2.05) is 30.3 Å². The number of fused-ring (bicyclic) bond motifs is 1. The molecule has 0 saturated carbocycles. The Labute approximate surface area is 129 Å². The maximum Gasteiger partial charge on any atom is 0.417 e. The molecule has 0 N–H and O–H groups in total. The first-order valence-electron chi connectivity index (χ1n) is 6.63. The molecule has 1 aromatic carbocycles. The number of rotatable bonds is 4. The summed E-state index contributed by atoms with van der Waals surface area (Å²) in [5.74, 6) is 0.723. The Bertz CT molecular complexity index is 769. The van der Waals surface area contributed by atoms with E-state index in [2.05, 4.69) is 10.2 Å². The van der Waals surface area contributed by atoms with Crippen LogP contribution in [0, 0.1) is 0 Å². The smallest absolute Gasteiger partial charge is 0.277 e. The number of nitrogens with zero attached hydrogens (tertiary/aromatic N) is 3. The number of pyridine rings is 1. The maximum atomic E-state index is 12.8. The summed E-state index contributed by atoms with van der Waals surface area (Å²) in [4.78, 5) is 0. The molecular formula is C15H12F3N3S. The van der Waals surface area contributed by atoms with Gasteiger partial charge in [0.1, 0.15) is 0 Å². The third kappa shape index (κ3) is 3.24. The summed E-state index contributed by atoms with van der Waals surface area (Å²) in [6.07, 6.45) is -2.51. The van der Waals surface area contributed by atoms with Crippen LogP contribution < -0.4 is 0 Å². The molecule has 114 valence electrons. The molecular weight excluding hydrogens is 311 g/mol. The topological polar surface area (TPSA) is 30.2 Å². The van der Waals surface area contributed by atoms with Gasteiger partial charge in [-0.3, -0.25) is 4.40 Å². The van der Waals surface area contributed by atoms with Crippen LogP contribution in [-0.2, 0) is 12.6 Å². The zero-order chi connectivity index (χ0) is 15.6. The number of alkyl halides is 3. The number of thioether (sulfide) groups is 1. The van der Waals surface area contributed by atoms with E-state index in [9.17, 15) is 13.2 Å². The molecule has 22 heavy (non-hydrogen) atoms. The fourth-order valence-electron chi connectivity index (χ4n) is 2.04. The number of aryl methyl sites for hydroxylation is 1. The van der Waals surface area contributed by atoms with Crippen molar-refractivity contribution in [3.63, 3.8) is 0 Å². The summed E-state index contributed by atoms with van der Waals surface area (Å²) < 4.78 is 39.7. The van der Waals surface area contributed by atoms with Crippen molar-refractivity contribution in [3.05, 3.63) is 59.8 Å². The molecule has 3 aromatic rings. The molecule has 7 heteroatoms. The fraction of sp³-hybridized carbons (Fsp3) is 0.200. The lowest BCUT2D eigenvalue weighted by Gasteiger charge is -2.07. The fourth-order valence-corrected chi connectivity index (χ4v) is 2.94. The Kier molecular flexibility index (Phi) is 4.06. The van der Waals surface area contributed by atoms with Crippen LogP contribution in [0.3, 0.4) is 0 Å².